The fourth-order valence-electron chi connectivity index (χ4n) is 15.0. The zero-order valence-corrected chi connectivity index (χ0v) is 77.4. The fraction of sp³-hybridized carbons (Fsp3) is 0.242. The maximum atomic E-state index is 10.4. The molecule has 0 aliphatic heterocycles. The summed E-state index contributed by atoms with van der Waals surface area (Å²) in [7, 11) is 0. The van der Waals surface area contributed by atoms with E-state index in [0.29, 0.717) is 46.7 Å². The molecule has 0 aliphatic rings. The molecule has 0 saturated carbocycles. The molecule has 16 aromatic rings. The van der Waals surface area contributed by atoms with Gasteiger partial charge in [-0.05, 0) is 179 Å². The molecule has 0 bridgehead atoms. The first-order valence-corrected chi connectivity index (χ1v) is 40.2. The largest absolute Gasteiger partial charge is 0.506 e. The van der Waals surface area contributed by atoms with Crippen LogP contribution < -0.4 is 0 Å². The molecule has 120 heavy (non-hydrogen) atoms. The molecule has 6 aromatic heterocycles. The third-order valence-electron chi connectivity index (χ3n) is 21.2. The summed E-state index contributed by atoms with van der Waals surface area (Å²) in [6.45, 7) is 37.1. The smallest absolute Gasteiger partial charge is 0.141 e. The molecular formula is C99H100N15O3Pt3-3. The van der Waals surface area contributed by atoms with Gasteiger partial charge in [0.15, 0.2) is 0 Å². The first-order chi connectivity index (χ1) is 56.3. The van der Waals surface area contributed by atoms with E-state index in [9.17, 15) is 15.3 Å². The summed E-state index contributed by atoms with van der Waals surface area (Å²) in [4.78, 5) is 14.1. The van der Waals surface area contributed by atoms with Gasteiger partial charge in [-0.25, -0.2) is 43.4 Å². The van der Waals surface area contributed by atoms with E-state index in [2.05, 4.69) is 192 Å². The van der Waals surface area contributed by atoms with Crippen LogP contribution in [0.1, 0.15) is 194 Å². The number of aromatic nitrogens is 15. The Labute approximate surface area is 747 Å². The number of nitrogens with zero attached hydrogens (tertiary/aromatic N) is 15. The van der Waals surface area contributed by atoms with E-state index in [1.807, 2.05) is 150 Å². The van der Waals surface area contributed by atoms with Crippen molar-refractivity contribution in [3.8, 4) is 130 Å². The normalized spacial score (nSPS) is 11.3. The minimum absolute atomic E-state index is 0. The Morgan fingerprint density at radius 1 is 0.267 bits per heavy atom. The van der Waals surface area contributed by atoms with Crippen LogP contribution in [0.5, 0.6) is 17.2 Å². The van der Waals surface area contributed by atoms with Crippen LogP contribution in [0.25, 0.3) is 113 Å². The van der Waals surface area contributed by atoms with Gasteiger partial charge in [0.05, 0.1) is 34.5 Å². The van der Waals surface area contributed by atoms with Crippen LogP contribution >= 0.6 is 0 Å². The third-order valence-corrected chi connectivity index (χ3v) is 21.2. The summed E-state index contributed by atoms with van der Waals surface area (Å²) in [6, 6.07) is 82.5. The maximum Gasteiger partial charge on any atom is 0.141 e. The molecule has 0 atom stereocenters. The zero-order valence-electron chi connectivity index (χ0n) is 70.6. The number of hydrogen-bond acceptors (Lipinski definition) is 12. The van der Waals surface area contributed by atoms with Crippen molar-refractivity contribution in [1.82, 2.24) is 73.6 Å². The SMILES string of the molecule is Cc1cc(-c2[c-]c(-c3ncnn3-c3c(C(C)C)cc(-c4ccccc4)cc3C(C)C)ccc2)nn1-c1ccccc1O.Cc1cc(-c2[c-]c(-c3ncnn3-c3c(C(C)C)cc(C(C)C)cc3C(C)C)ccc2)nn1-c1ccccc1O.Cc1cc(-c2[c-]c(-c3ncnn3-c3c(C(C)C)cccc3C(C)C)ccc2)nn1-c1ccccc1O.[Pt].[Pt].[Pt]. The summed E-state index contributed by atoms with van der Waals surface area (Å²) in [5.74, 6) is 5.08. The Hall–Kier alpha value is -11.3. The molecule has 16 rings (SSSR count). The van der Waals surface area contributed by atoms with Gasteiger partial charge >= 0.3 is 0 Å². The van der Waals surface area contributed by atoms with Crippen molar-refractivity contribution in [3.05, 3.63) is 312 Å². The summed E-state index contributed by atoms with van der Waals surface area (Å²) in [5, 5.41) is 59.6. The van der Waals surface area contributed by atoms with E-state index in [4.69, 9.17) is 35.5 Å². The average Bonchev–Trinajstić information content (AvgIpc) is 1.41. The van der Waals surface area contributed by atoms with Crippen molar-refractivity contribution in [2.24, 2.45) is 0 Å². The van der Waals surface area contributed by atoms with Gasteiger partial charge < -0.3 is 15.3 Å². The predicted octanol–water partition coefficient (Wildman–Crippen LogP) is 23.3. The van der Waals surface area contributed by atoms with Crippen molar-refractivity contribution in [3.63, 3.8) is 0 Å². The van der Waals surface area contributed by atoms with Crippen LogP contribution in [0.3, 0.4) is 0 Å². The Kier molecular flexibility index (Phi) is 29.0. The summed E-state index contributed by atoms with van der Waals surface area (Å²) >= 11 is 0. The summed E-state index contributed by atoms with van der Waals surface area (Å²) < 4.78 is 11.2. The maximum absolute atomic E-state index is 10.4. The van der Waals surface area contributed by atoms with Gasteiger partial charge in [0, 0.05) is 97.4 Å². The molecular weight excluding hydrogens is 2030 g/mol. The minimum atomic E-state index is 0. The van der Waals surface area contributed by atoms with Gasteiger partial charge in [-0.3, -0.25) is 15.0 Å². The molecule has 18 nitrogen and oxygen atoms in total. The van der Waals surface area contributed by atoms with Crippen LogP contribution in [0.15, 0.2) is 237 Å². The van der Waals surface area contributed by atoms with Gasteiger partial charge in [0.25, 0.3) is 0 Å². The second-order valence-corrected chi connectivity index (χ2v) is 31.9. The molecule has 10 aromatic carbocycles. The Balaban J connectivity index is 0.000000174. The number of rotatable bonds is 20. The van der Waals surface area contributed by atoms with Crippen molar-refractivity contribution < 1.29 is 78.5 Å². The molecule has 622 valence electrons. The number of hydrogen-bond donors (Lipinski definition) is 3. The molecule has 0 saturated heterocycles. The van der Waals surface area contributed by atoms with Crippen LogP contribution in [-0.4, -0.2) is 89.0 Å². The van der Waals surface area contributed by atoms with Crippen LogP contribution in [0.2, 0.25) is 0 Å². The summed E-state index contributed by atoms with van der Waals surface area (Å²) in [5.41, 5.74) is 26.5. The quantitative estimate of drug-likeness (QED) is 0.0610. The molecule has 0 aliphatic carbocycles. The topological polar surface area (TPSA) is 206 Å². The van der Waals surface area contributed by atoms with Gasteiger partial charge in [0.2, 0.25) is 0 Å². The number of benzene rings is 10. The number of phenols is 3. The van der Waals surface area contributed by atoms with Gasteiger partial charge in [-0.1, -0.05) is 227 Å². The number of aromatic hydroxyl groups is 3. The molecule has 0 amide bonds. The molecule has 6 heterocycles. The second-order valence-electron chi connectivity index (χ2n) is 31.9. The fourth-order valence-corrected chi connectivity index (χ4v) is 15.0. The molecule has 0 spiro atoms. The average molecular weight is 2130 g/mol. The van der Waals surface area contributed by atoms with E-state index in [1.54, 1.807) is 69.4 Å². The second kappa shape index (κ2) is 38.8. The van der Waals surface area contributed by atoms with Crippen molar-refractivity contribution in [2.45, 2.75) is 159 Å². The summed E-state index contributed by atoms with van der Waals surface area (Å²) in [6.07, 6.45) is 4.85. The van der Waals surface area contributed by atoms with Gasteiger partial charge in [0.1, 0.15) is 53.3 Å². The first-order valence-electron chi connectivity index (χ1n) is 40.2. The van der Waals surface area contributed by atoms with E-state index in [0.717, 1.165) is 102 Å². The molecule has 21 heteroatoms. The van der Waals surface area contributed by atoms with Crippen molar-refractivity contribution in [1.29, 1.82) is 0 Å². The van der Waals surface area contributed by atoms with Crippen LogP contribution in [0, 0.1) is 39.0 Å². The predicted molar refractivity (Wildman–Crippen MR) is 468 cm³/mol. The number of para-hydroxylation sites is 7. The Morgan fingerprint density at radius 3 is 0.842 bits per heavy atom. The van der Waals surface area contributed by atoms with Crippen molar-refractivity contribution >= 4 is 0 Å². The zero-order chi connectivity index (χ0) is 82.6. The number of phenolic OH excluding ortho intramolecular Hbond substituents is 3. The van der Waals surface area contributed by atoms with Crippen LogP contribution in [-0.2, 0) is 63.2 Å². The third kappa shape index (κ3) is 18.8. The van der Waals surface area contributed by atoms with E-state index >= 15 is 0 Å². The van der Waals surface area contributed by atoms with E-state index < -0.39 is 0 Å². The van der Waals surface area contributed by atoms with Crippen LogP contribution in [0.4, 0.5) is 0 Å². The minimum Gasteiger partial charge on any atom is -0.506 e. The number of aryl methyl sites for hydroxylation is 3. The first kappa shape index (κ1) is 89.5. The van der Waals surface area contributed by atoms with E-state index in [1.165, 1.54) is 50.1 Å². The Morgan fingerprint density at radius 2 is 0.542 bits per heavy atom. The van der Waals surface area contributed by atoms with Gasteiger partial charge in [-0.15, -0.1) is 72.8 Å². The van der Waals surface area contributed by atoms with Crippen molar-refractivity contribution in [2.75, 3.05) is 0 Å². The molecule has 0 fully saturated rings. The van der Waals surface area contributed by atoms with Gasteiger partial charge in [-0.2, -0.15) is 15.3 Å². The molecule has 0 radical (unpaired) electrons. The standard InChI is InChI=1S/C36H34N5O.C33H36N5O.C30H30N5O.3Pt/c1-23(2)30-20-29(26-12-7-6-8-13-26)21-31(24(3)4)35(30)41-36(37-22-38-41)28-15-11-14-27(19-28)32-18-25(5)40(39-32)33-16-9-10-17-34(33)42;1-20(2)26-17-27(21(3)4)32(28(18-26)22(5)6)38-33(34-19-35-38)25-12-10-11-24(16-25)29-15-23(7)37(36-29)30-13-8-9-14-31(30)39;1-19(2)24-12-9-13-25(20(3)4)29(24)35-30(31-18-32-35)23-11-8-10-22(17-23)26-16-21(5)34(33-26)27-14-6-7-15-28(27)36;;;/h6-18,20-24,42H,1-5H3;8-15,17-22,39H,1-7H3;6-16,18-20,36H,1-5H3;;;/q3*-1;;;. The molecule has 3 N–H and O–H groups in total. The van der Waals surface area contributed by atoms with E-state index in [-0.39, 0.29) is 92.3 Å². The monoisotopic (exact) mass is 2130 g/mol. The Bertz CT molecular complexity index is 6130. The molecule has 0 unspecified atom stereocenters.